The lowest BCUT2D eigenvalue weighted by atomic mass is 10.0. The second kappa shape index (κ2) is 5.62. The third-order valence-corrected chi connectivity index (χ3v) is 4.33. The molecular weight excluding hydrogens is 264 g/mol. The number of rotatable bonds is 5. The number of aromatic nitrogens is 1. The molecule has 1 aliphatic heterocycles. The summed E-state index contributed by atoms with van der Waals surface area (Å²) >= 11 is 0. The Balaban J connectivity index is 1.99. The number of ketones is 1. The maximum absolute atomic E-state index is 12.1. The second-order valence-electron chi connectivity index (χ2n) is 5.77. The van der Waals surface area contributed by atoms with Gasteiger partial charge >= 0.3 is 0 Å². The molecule has 4 heteroatoms. The van der Waals surface area contributed by atoms with E-state index in [1.807, 2.05) is 20.2 Å². The van der Waals surface area contributed by atoms with Crippen molar-refractivity contribution in [2.45, 2.75) is 26.4 Å². The predicted octanol–water partition coefficient (Wildman–Crippen LogP) is 2.73. The van der Waals surface area contributed by atoms with Crippen molar-refractivity contribution in [1.29, 1.82) is 0 Å². The van der Waals surface area contributed by atoms with Crippen molar-refractivity contribution in [1.82, 2.24) is 9.47 Å². The molecule has 0 N–H and O–H groups in total. The Labute approximate surface area is 125 Å². The van der Waals surface area contributed by atoms with E-state index in [0.29, 0.717) is 6.42 Å². The second-order valence-corrected chi connectivity index (χ2v) is 5.77. The first-order valence-electron chi connectivity index (χ1n) is 7.49. The zero-order valence-corrected chi connectivity index (χ0v) is 13.0. The number of hydrogen-bond acceptors (Lipinski definition) is 3. The van der Waals surface area contributed by atoms with Crippen LogP contribution in [0.5, 0.6) is 0 Å². The zero-order valence-electron chi connectivity index (χ0n) is 13.0. The van der Waals surface area contributed by atoms with Gasteiger partial charge in [0, 0.05) is 62.9 Å². The van der Waals surface area contributed by atoms with Crippen LogP contribution in [0.2, 0.25) is 0 Å². The minimum Gasteiger partial charge on any atom is -0.383 e. The number of aryl methyl sites for hydroxylation is 1. The van der Waals surface area contributed by atoms with Crippen LogP contribution in [0.15, 0.2) is 18.3 Å². The Bertz CT molecular complexity index is 688. The van der Waals surface area contributed by atoms with E-state index in [1.165, 1.54) is 11.1 Å². The number of carbonyl (C=O) groups is 1. The van der Waals surface area contributed by atoms with Crippen molar-refractivity contribution >= 4 is 16.7 Å². The van der Waals surface area contributed by atoms with Gasteiger partial charge < -0.3 is 9.30 Å². The van der Waals surface area contributed by atoms with E-state index in [9.17, 15) is 4.79 Å². The molecule has 0 amide bonds. The molecule has 4 nitrogen and oxygen atoms in total. The number of carbonyl (C=O) groups excluding carboxylic acids is 1. The molecule has 0 fully saturated rings. The van der Waals surface area contributed by atoms with Crippen molar-refractivity contribution in [3.8, 4) is 0 Å². The summed E-state index contributed by atoms with van der Waals surface area (Å²) < 4.78 is 7.22. The Morgan fingerprint density at radius 3 is 2.67 bits per heavy atom. The minimum atomic E-state index is 0.217. The molecule has 0 atom stereocenters. The van der Waals surface area contributed by atoms with Gasteiger partial charge in [-0.15, -0.1) is 0 Å². The molecule has 0 spiro atoms. The molecule has 2 aromatic rings. The fraction of sp³-hybridized carbons (Fsp3) is 0.471. The largest absolute Gasteiger partial charge is 0.383 e. The fourth-order valence-corrected chi connectivity index (χ4v) is 3.14. The number of benzene rings is 1. The van der Waals surface area contributed by atoms with Crippen LogP contribution in [0, 0.1) is 0 Å². The van der Waals surface area contributed by atoms with Crippen LogP contribution >= 0.6 is 0 Å². The summed E-state index contributed by atoms with van der Waals surface area (Å²) in [5.41, 5.74) is 4.72. The molecule has 3 rings (SSSR count). The summed E-state index contributed by atoms with van der Waals surface area (Å²) in [4.78, 5) is 14.5. The molecule has 0 saturated carbocycles. The van der Waals surface area contributed by atoms with Gasteiger partial charge in [0.15, 0.2) is 5.78 Å². The number of hydrogen-bond donors (Lipinski definition) is 0. The summed E-state index contributed by atoms with van der Waals surface area (Å²) in [6.07, 6.45) is 2.52. The Hall–Kier alpha value is -1.65. The lowest BCUT2D eigenvalue weighted by Crippen LogP contribution is -2.21. The number of Topliss-reactive ketones (excluding diaryl/α,β-unsaturated/α-hetero) is 1. The van der Waals surface area contributed by atoms with Crippen LogP contribution in [0.25, 0.3) is 10.9 Å². The number of methoxy groups -OCH3 is 1. The first kappa shape index (κ1) is 14.3. The predicted molar refractivity (Wildman–Crippen MR) is 83.5 cm³/mol. The van der Waals surface area contributed by atoms with Gasteiger partial charge in [0.2, 0.25) is 0 Å². The lowest BCUT2D eigenvalue weighted by Gasteiger charge is -2.13. The van der Waals surface area contributed by atoms with Gasteiger partial charge in [-0.05, 0) is 23.3 Å². The molecule has 1 aliphatic rings. The third kappa shape index (κ3) is 2.49. The molecule has 0 aliphatic carbocycles. The number of ether oxygens (including phenoxy) is 1. The van der Waals surface area contributed by atoms with Crippen molar-refractivity contribution in [2.75, 3.05) is 20.3 Å². The average molecular weight is 286 g/mol. The zero-order chi connectivity index (χ0) is 15.0. The van der Waals surface area contributed by atoms with Crippen LogP contribution in [-0.4, -0.2) is 35.5 Å². The third-order valence-electron chi connectivity index (χ3n) is 4.33. The highest BCUT2D eigenvalue weighted by atomic mass is 16.5. The molecule has 0 saturated heterocycles. The highest BCUT2D eigenvalue weighted by Crippen LogP contribution is 2.30. The van der Waals surface area contributed by atoms with Gasteiger partial charge in [-0.3, -0.25) is 9.69 Å². The first-order chi connectivity index (χ1) is 10.1. The molecule has 1 aromatic carbocycles. The smallest absolute Gasteiger partial charge is 0.164 e. The van der Waals surface area contributed by atoms with Gasteiger partial charge in [0.1, 0.15) is 0 Å². The maximum atomic E-state index is 12.1. The molecule has 0 bridgehead atoms. The van der Waals surface area contributed by atoms with Gasteiger partial charge in [-0.25, -0.2) is 0 Å². The van der Waals surface area contributed by atoms with Crippen molar-refractivity contribution < 1.29 is 9.53 Å². The van der Waals surface area contributed by atoms with E-state index >= 15 is 0 Å². The van der Waals surface area contributed by atoms with Crippen molar-refractivity contribution in [3.63, 3.8) is 0 Å². The van der Waals surface area contributed by atoms with Crippen molar-refractivity contribution in [2.24, 2.45) is 7.05 Å². The average Bonchev–Trinajstić information content (AvgIpc) is 3.03. The summed E-state index contributed by atoms with van der Waals surface area (Å²) in [5.74, 6) is 0.217. The van der Waals surface area contributed by atoms with E-state index in [1.54, 1.807) is 7.11 Å². The van der Waals surface area contributed by atoms with E-state index in [-0.39, 0.29) is 5.78 Å². The highest BCUT2D eigenvalue weighted by Gasteiger charge is 2.22. The van der Waals surface area contributed by atoms with Crippen molar-refractivity contribution in [3.05, 3.63) is 35.0 Å². The summed E-state index contributed by atoms with van der Waals surface area (Å²) in [6, 6.07) is 4.45. The van der Waals surface area contributed by atoms with Gasteiger partial charge in [-0.1, -0.05) is 6.92 Å². The van der Waals surface area contributed by atoms with Gasteiger partial charge in [0.25, 0.3) is 0 Å². The Morgan fingerprint density at radius 1 is 1.29 bits per heavy atom. The van der Waals surface area contributed by atoms with E-state index < -0.39 is 0 Å². The van der Waals surface area contributed by atoms with Gasteiger partial charge in [-0.2, -0.15) is 0 Å². The maximum Gasteiger partial charge on any atom is 0.164 e. The molecule has 21 heavy (non-hydrogen) atoms. The molecule has 0 radical (unpaired) electrons. The Kier molecular flexibility index (Phi) is 3.83. The van der Waals surface area contributed by atoms with E-state index in [2.05, 4.69) is 21.6 Å². The molecular formula is C17H22N2O2. The molecule has 1 aromatic heterocycles. The Morgan fingerprint density at radius 2 is 2.00 bits per heavy atom. The number of fused-ring (bicyclic) bond motifs is 2. The van der Waals surface area contributed by atoms with E-state index in [4.69, 9.17) is 4.74 Å². The first-order valence-corrected chi connectivity index (χ1v) is 7.49. The highest BCUT2D eigenvalue weighted by molar-refractivity contribution is 6.08. The van der Waals surface area contributed by atoms with Crippen LogP contribution < -0.4 is 0 Å². The van der Waals surface area contributed by atoms with Crippen LogP contribution in [0.3, 0.4) is 0 Å². The molecule has 2 heterocycles. The normalized spacial score (nSPS) is 14.8. The lowest BCUT2D eigenvalue weighted by molar-refractivity contribution is 0.0989. The van der Waals surface area contributed by atoms with Crippen LogP contribution in [0.1, 0.15) is 34.8 Å². The molecule has 112 valence electrons. The monoisotopic (exact) mass is 286 g/mol. The fourth-order valence-electron chi connectivity index (χ4n) is 3.14. The van der Waals surface area contributed by atoms with Crippen LogP contribution in [0.4, 0.5) is 0 Å². The number of nitrogens with zero attached hydrogens (tertiary/aromatic N) is 2. The SMILES string of the molecule is CCC(=O)c1cn(C)c2cc3c(cc12)CN(CCOC)C3. The quantitative estimate of drug-likeness (QED) is 0.793. The summed E-state index contributed by atoms with van der Waals surface area (Å²) in [7, 11) is 3.75. The summed E-state index contributed by atoms with van der Waals surface area (Å²) in [5, 5.41) is 1.09. The topological polar surface area (TPSA) is 34.5 Å². The summed E-state index contributed by atoms with van der Waals surface area (Å²) in [6.45, 7) is 5.54. The standard InChI is InChI=1S/C17H22N2O2/c1-4-17(20)15-11-18(2)16-8-13-10-19(5-6-21-3)9-12(13)7-14(15)16/h7-8,11H,4-6,9-10H2,1-3H3. The van der Waals surface area contributed by atoms with E-state index in [0.717, 1.165) is 42.7 Å². The molecule has 0 unspecified atom stereocenters. The van der Waals surface area contributed by atoms with Gasteiger partial charge in [0.05, 0.1) is 6.61 Å². The van der Waals surface area contributed by atoms with Crippen LogP contribution in [-0.2, 0) is 24.9 Å². The minimum absolute atomic E-state index is 0.217.